The lowest BCUT2D eigenvalue weighted by Crippen LogP contribution is -2.55. The molecule has 2 heterocycles. The van der Waals surface area contributed by atoms with Gasteiger partial charge in [-0.3, -0.25) is 4.79 Å². The minimum Gasteiger partial charge on any atom is -0.389 e. The van der Waals surface area contributed by atoms with Crippen molar-refractivity contribution in [2.45, 2.75) is 44.2 Å². The molecule has 2 fully saturated rings. The van der Waals surface area contributed by atoms with Crippen molar-refractivity contribution < 1.29 is 9.90 Å². The van der Waals surface area contributed by atoms with Crippen molar-refractivity contribution in [2.75, 3.05) is 13.1 Å². The number of likely N-dealkylation sites (tertiary alicyclic amines) is 1. The van der Waals surface area contributed by atoms with Crippen LogP contribution in [0.25, 0.3) is 10.9 Å². The number of halogens is 1. The monoisotopic (exact) mass is 346 g/mol. The molecule has 2 aromatic rings. The number of rotatable bonds is 2. The summed E-state index contributed by atoms with van der Waals surface area (Å²) in [5.41, 5.74) is 0.449. The van der Waals surface area contributed by atoms with E-state index >= 15 is 0 Å². The van der Waals surface area contributed by atoms with Crippen LogP contribution in [-0.4, -0.2) is 39.2 Å². The molecule has 1 aromatic carbocycles. The zero-order valence-corrected chi connectivity index (χ0v) is 14.5. The van der Waals surface area contributed by atoms with Gasteiger partial charge in [0.1, 0.15) is 6.54 Å². The van der Waals surface area contributed by atoms with Crippen LogP contribution in [0.15, 0.2) is 30.5 Å². The summed E-state index contributed by atoms with van der Waals surface area (Å²) in [7, 11) is 0. The number of aromatic nitrogens is 1. The number of fused-ring (bicyclic) bond motifs is 2. The van der Waals surface area contributed by atoms with Gasteiger partial charge in [-0.1, -0.05) is 30.5 Å². The average Bonchev–Trinajstić information content (AvgIpc) is 2.96. The van der Waals surface area contributed by atoms with Gasteiger partial charge in [-0.2, -0.15) is 0 Å². The van der Waals surface area contributed by atoms with Crippen LogP contribution in [0.1, 0.15) is 32.1 Å². The Kier molecular flexibility index (Phi) is 4.05. The van der Waals surface area contributed by atoms with Crippen LogP contribution in [0.2, 0.25) is 5.02 Å². The number of piperidine rings is 1. The fourth-order valence-electron chi connectivity index (χ4n) is 4.34. The molecular formula is C19H23ClN2O2. The Balaban J connectivity index is 1.49. The summed E-state index contributed by atoms with van der Waals surface area (Å²) in [6, 6.07) is 7.75. The van der Waals surface area contributed by atoms with Crippen LogP contribution in [-0.2, 0) is 11.3 Å². The first kappa shape index (κ1) is 16.0. The van der Waals surface area contributed by atoms with Gasteiger partial charge in [0.25, 0.3) is 0 Å². The molecule has 0 bridgehead atoms. The first-order valence-electron chi connectivity index (χ1n) is 8.80. The molecule has 1 aromatic heterocycles. The van der Waals surface area contributed by atoms with Crippen LogP contribution < -0.4 is 0 Å². The Morgan fingerprint density at radius 2 is 2.17 bits per heavy atom. The molecular weight excluding hydrogens is 324 g/mol. The molecule has 1 saturated heterocycles. The molecule has 1 aliphatic carbocycles. The van der Waals surface area contributed by atoms with E-state index < -0.39 is 5.60 Å². The maximum absolute atomic E-state index is 12.8. The fourth-order valence-corrected chi connectivity index (χ4v) is 4.50. The SMILES string of the molecule is O=C(Cn1ccc2ccc(Cl)cc21)N1CC[C@@]2(O)CCCC[C@@H]2C1. The van der Waals surface area contributed by atoms with Crippen molar-refractivity contribution in [1.82, 2.24) is 9.47 Å². The van der Waals surface area contributed by atoms with Crippen LogP contribution >= 0.6 is 11.6 Å². The molecule has 0 spiro atoms. The molecule has 1 N–H and O–H groups in total. The summed E-state index contributed by atoms with van der Waals surface area (Å²) in [5.74, 6) is 0.361. The molecule has 1 aliphatic heterocycles. The quantitative estimate of drug-likeness (QED) is 0.905. The van der Waals surface area contributed by atoms with E-state index in [2.05, 4.69) is 0 Å². The number of hydrogen-bond donors (Lipinski definition) is 1. The van der Waals surface area contributed by atoms with Gasteiger partial charge in [-0.15, -0.1) is 0 Å². The van der Waals surface area contributed by atoms with Crippen molar-refractivity contribution in [1.29, 1.82) is 0 Å². The molecule has 4 nitrogen and oxygen atoms in total. The third-order valence-electron chi connectivity index (χ3n) is 5.82. The molecule has 1 amide bonds. The lowest BCUT2D eigenvalue weighted by atomic mass is 9.71. The molecule has 2 aliphatic rings. The predicted octanol–water partition coefficient (Wildman–Crippen LogP) is 3.45. The van der Waals surface area contributed by atoms with E-state index in [1.165, 1.54) is 0 Å². The predicted molar refractivity (Wildman–Crippen MR) is 95.1 cm³/mol. The van der Waals surface area contributed by atoms with E-state index in [1.54, 1.807) is 0 Å². The van der Waals surface area contributed by atoms with E-state index in [0.717, 1.165) is 36.6 Å². The fraction of sp³-hybridized carbons (Fsp3) is 0.526. The number of carbonyl (C=O) groups excluding carboxylic acids is 1. The Hall–Kier alpha value is -1.52. The highest BCUT2D eigenvalue weighted by molar-refractivity contribution is 6.31. The lowest BCUT2D eigenvalue weighted by Gasteiger charge is -2.47. The molecule has 128 valence electrons. The lowest BCUT2D eigenvalue weighted by molar-refractivity contribution is -0.143. The van der Waals surface area contributed by atoms with Crippen molar-refractivity contribution in [3.63, 3.8) is 0 Å². The Bertz CT molecular complexity index is 772. The molecule has 2 atom stereocenters. The largest absolute Gasteiger partial charge is 0.389 e. The summed E-state index contributed by atoms with van der Waals surface area (Å²) < 4.78 is 1.96. The van der Waals surface area contributed by atoms with E-state index in [-0.39, 0.29) is 11.8 Å². The number of carbonyl (C=O) groups is 1. The second-order valence-electron chi connectivity index (χ2n) is 7.28. The highest BCUT2D eigenvalue weighted by Crippen LogP contribution is 2.39. The summed E-state index contributed by atoms with van der Waals surface area (Å²) >= 11 is 6.09. The average molecular weight is 347 g/mol. The first-order valence-corrected chi connectivity index (χ1v) is 9.17. The number of benzene rings is 1. The summed E-state index contributed by atoms with van der Waals surface area (Å²) in [6.45, 7) is 1.68. The van der Waals surface area contributed by atoms with Crippen LogP contribution in [0.3, 0.4) is 0 Å². The van der Waals surface area contributed by atoms with Gasteiger partial charge in [0, 0.05) is 35.7 Å². The van der Waals surface area contributed by atoms with E-state index in [0.29, 0.717) is 31.1 Å². The van der Waals surface area contributed by atoms with E-state index in [4.69, 9.17) is 11.6 Å². The molecule has 0 unspecified atom stereocenters. The van der Waals surface area contributed by atoms with E-state index in [1.807, 2.05) is 39.9 Å². The third-order valence-corrected chi connectivity index (χ3v) is 6.06. The van der Waals surface area contributed by atoms with Gasteiger partial charge in [0.05, 0.1) is 5.60 Å². The van der Waals surface area contributed by atoms with Crippen molar-refractivity contribution in [3.8, 4) is 0 Å². The smallest absolute Gasteiger partial charge is 0.242 e. The Morgan fingerprint density at radius 3 is 3.04 bits per heavy atom. The highest BCUT2D eigenvalue weighted by atomic mass is 35.5. The highest BCUT2D eigenvalue weighted by Gasteiger charge is 2.43. The topological polar surface area (TPSA) is 45.5 Å². The maximum Gasteiger partial charge on any atom is 0.242 e. The number of hydrogen-bond acceptors (Lipinski definition) is 2. The summed E-state index contributed by atoms with van der Waals surface area (Å²) in [5, 5.41) is 12.5. The minimum atomic E-state index is -0.539. The van der Waals surface area contributed by atoms with E-state index in [9.17, 15) is 9.90 Å². The Morgan fingerprint density at radius 1 is 1.29 bits per heavy atom. The van der Waals surface area contributed by atoms with Gasteiger partial charge in [-0.05, 0) is 42.8 Å². The second kappa shape index (κ2) is 6.08. The maximum atomic E-state index is 12.8. The summed E-state index contributed by atoms with van der Waals surface area (Å²) in [6.07, 6.45) is 6.84. The third kappa shape index (κ3) is 2.82. The van der Waals surface area contributed by atoms with Crippen molar-refractivity contribution in [2.24, 2.45) is 5.92 Å². The number of nitrogens with zero attached hydrogens (tertiary/aromatic N) is 2. The van der Waals surface area contributed by atoms with Gasteiger partial charge >= 0.3 is 0 Å². The van der Waals surface area contributed by atoms with Crippen molar-refractivity contribution in [3.05, 3.63) is 35.5 Å². The van der Waals surface area contributed by atoms with Gasteiger partial charge < -0.3 is 14.6 Å². The molecule has 0 radical (unpaired) electrons. The van der Waals surface area contributed by atoms with Crippen LogP contribution in [0, 0.1) is 5.92 Å². The minimum absolute atomic E-state index is 0.125. The van der Waals surface area contributed by atoms with Gasteiger partial charge in [0.15, 0.2) is 0 Å². The van der Waals surface area contributed by atoms with Crippen LogP contribution in [0.4, 0.5) is 0 Å². The standard InChI is InChI=1S/C19H23ClN2O2/c20-16-5-4-14-6-9-21(17(14)11-16)13-18(23)22-10-8-19(24)7-2-1-3-15(19)12-22/h4-6,9,11,15,24H,1-3,7-8,10,12-13H2/t15-,19+/m1/s1. The normalized spacial score (nSPS) is 27.2. The Labute approximate surface area is 147 Å². The summed E-state index contributed by atoms with van der Waals surface area (Å²) in [4.78, 5) is 14.7. The van der Waals surface area contributed by atoms with Crippen LogP contribution in [0.5, 0.6) is 0 Å². The second-order valence-corrected chi connectivity index (χ2v) is 7.72. The molecule has 24 heavy (non-hydrogen) atoms. The van der Waals surface area contributed by atoms with Gasteiger partial charge in [-0.25, -0.2) is 0 Å². The zero-order chi connectivity index (χ0) is 16.7. The number of amides is 1. The first-order chi connectivity index (χ1) is 11.5. The zero-order valence-electron chi connectivity index (χ0n) is 13.7. The number of aliphatic hydroxyl groups is 1. The molecule has 1 saturated carbocycles. The molecule has 4 rings (SSSR count). The van der Waals surface area contributed by atoms with Gasteiger partial charge in [0.2, 0.25) is 5.91 Å². The van der Waals surface area contributed by atoms with Crippen molar-refractivity contribution >= 4 is 28.4 Å². The molecule has 5 heteroatoms.